The number of aliphatic hydroxyl groups excluding tert-OH is 1. The summed E-state index contributed by atoms with van der Waals surface area (Å²) in [6.07, 6.45) is -0.474. The van der Waals surface area contributed by atoms with Crippen LogP contribution in [0.15, 0.2) is 24.3 Å². The van der Waals surface area contributed by atoms with Gasteiger partial charge in [0.15, 0.2) is 0 Å². The molecule has 1 rings (SSSR count). The van der Waals surface area contributed by atoms with Gasteiger partial charge in [0.25, 0.3) is 0 Å². The molecule has 0 aliphatic heterocycles. The monoisotopic (exact) mass is 261 g/mol. The SMILES string of the molecule is CC(C)OC(=O)N(C)Cc1cccc(C#CCO)c1. The molecule has 0 spiro atoms. The minimum absolute atomic E-state index is 0.128. The maximum Gasteiger partial charge on any atom is 0.410 e. The van der Waals surface area contributed by atoms with Crippen LogP contribution in [0.5, 0.6) is 0 Å². The largest absolute Gasteiger partial charge is 0.447 e. The van der Waals surface area contributed by atoms with E-state index in [1.165, 1.54) is 4.90 Å². The Bertz CT molecular complexity index is 486. The number of carbonyl (C=O) groups is 1. The summed E-state index contributed by atoms with van der Waals surface area (Å²) in [4.78, 5) is 13.2. The van der Waals surface area contributed by atoms with Gasteiger partial charge in [0.2, 0.25) is 0 Å². The van der Waals surface area contributed by atoms with E-state index < -0.39 is 0 Å². The molecule has 4 heteroatoms. The van der Waals surface area contributed by atoms with Crippen LogP contribution in [0.3, 0.4) is 0 Å². The number of hydrogen-bond donors (Lipinski definition) is 1. The molecule has 0 atom stereocenters. The second kappa shape index (κ2) is 7.45. The highest BCUT2D eigenvalue weighted by atomic mass is 16.6. The quantitative estimate of drug-likeness (QED) is 0.847. The summed E-state index contributed by atoms with van der Waals surface area (Å²) in [6.45, 7) is 3.93. The van der Waals surface area contributed by atoms with E-state index in [9.17, 15) is 4.79 Å². The number of hydrogen-bond acceptors (Lipinski definition) is 3. The summed E-state index contributed by atoms with van der Waals surface area (Å²) >= 11 is 0. The molecule has 0 bridgehead atoms. The first-order chi connectivity index (χ1) is 9.02. The molecule has 0 saturated heterocycles. The lowest BCUT2D eigenvalue weighted by molar-refractivity contribution is 0.0822. The first-order valence-corrected chi connectivity index (χ1v) is 6.13. The van der Waals surface area contributed by atoms with Gasteiger partial charge >= 0.3 is 6.09 Å². The average Bonchev–Trinajstić information content (AvgIpc) is 2.36. The summed E-state index contributed by atoms with van der Waals surface area (Å²) < 4.78 is 5.11. The highest BCUT2D eigenvalue weighted by Gasteiger charge is 2.11. The fourth-order valence-electron chi connectivity index (χ4n) is 1.52. The van der Waals surface area contributed by atoms with Crippen molar-refractivity contribution in [3.63, 3.8) is 0 Å². The Morgan fingerprint density at radius 1 is 1.47 bits per heavy atom. The van der Waals surface area contributed by atoms with Gasteiger partial charge in [-0.25, -0.2) is 4.79 Å². The molecule has 0 aliphatic carbocycles. The number of aliphatic hydroxyl groups is 1. The first kappa shape index (κ1) is 15.1. The van der Waals surface area contributed by atoms with E-state index in [1.807, 2.05) is 38.1 Å². The Morgan fingerprint density at radius 3 is 2.84 bits per heavy atom. The van der Waals surface area contributed by atoms with Crippen molar-refractivity contribution >= 4 is 6.09 Å². The van der Waals surface area contributed by atoms with Gasteiger partial charge in [0.1, 0.15) is 6.61 Å². The maximum absolute atomic E-state index is 11.7. The molecule has 0 aromatic heterocycles. The number of benzene rings is 1. The molecule has 19 heavy (non-hydrogen) atoms. The van der Waals surface area contributed by atoms with Crippen LogP contribution in [0, 0.1) is 11.8 Å². The van der Waals surface area contributed by atoms with Crippen LogP contribution in [0.25, 0.3) is 0 Å². The summed E-state index contributed by atoms with van der Waals surface area (Å²) in [5.41, 5.74) is 1.78. The molecule has 1 amide bonds. The van der Waals surface area contributed by atoms with E-state index in [2.05, 4.69) is 11.8 Å². The molecule has 1 aromatic rings. The van der Waals surface area contributed by atoms with Gasteiger partial charge in [-0.1, -0.05) is 24.0 Å². The third-order valence-corrected chi connectivity index (χ3v) is 2.31. The van der Waals surface area contributed by atoms with Gasteiger partial charge < -0.3 is 14.7 Å². The Kier molecular flexibility index (Phi) is 5.91. The first-order valence-electron chi connectivity index (χ1n) is 6.13. The average molecular weight is 261 g/mol. The number of amides is 1. The van der Waals surface area contributed by atoms with Crippen molar-refractivity contribution in [3.8, 4) is 11.8 Å². The van der Waals surface area contributed by atoms with Gasteiger partial charge in [-0.2, -0.15) is 0 Å². The molecule has 0 radical (unpaired) electrons. The van der Waals surface area contributed by atoms with E-state index in [1.54, 1.807) is 7.05 Å². The smallest absolute Gasteiger partial charge is 0.410 e. The molecule has 0 unspecified atom stereocenters. The van der Waals surface area contributed by atoms with Crippen LogP contribution in [0.4, 0.5) is 4.79 Å². The van der Waals surface area contributed by atoms with Gasteiger partial charge in [-0.3, -0.25) is 0 Å². The fraction of sp³-hybridized carbons (Fsp3) is 0.400. The van der Waals surface area contributed by atoms with E-state index >= 15 is 0 Å². The lowest BCUT2D eigenvalue weighted by atomic mass is 10.1. The number of rotatable bonds is 3. The lowest BCUT2D eigenvalue weighted by Gasteiger charge is -2.18. The van der Waals surface area contributed by atoms with Crippen molar-refractivity contribution in [2.24, 2.45) is 0 Å². The third-order valence-electron chi connectivity index (χ3n) is 2.31. The second-order valence-corrected chi connectivity index (χ2v) is 4.45. The van der Waals surface area contributed by atoms with Crippen molar-refractivity contribution in [1.29, 1.82) is 0 Å². The van der Waals surface area contributed by atoms with Gasteiger partial charge in [-0.05, 0) is 31.5 Å². The topological polar surface area (TPSA) is 49.8 Å². The molecule has 1 aromatic carbocycles. The van der Waals surface area contributed by atoms with Crippen LogP contribution in [0.1, 0.15) is 25.0 Å². The Hall–Kier alpha value is -1.99. The van der Waals surface area contributed by atoms with Gasteiger partial charge in [-0.15, -0.1) is 0 Å². The number of carbonyl (C=O) groups excluding carboxylic acids is 1. The normalized spacial score (nSPS) is 9.74. The summed E-state index contributed by atoms with van der Waals surface area (Å²) in [6, 6.07) is 7.54. The predicted octanol–water partition coefficient (Wildman–Crippen LogP) is 2.01. The third kappa shape index (κ3) is 5.45. The van der Waals surface area contributed by atoms with E-state index in [0.29, 0.717) is 6.54 Å². The Labute approximate surface area is 114 Å². The molecule has 1 N–H and O–H groups in total. The Balaban J connectivity index is 2.68. The zero-order valence-electron chi connectivity index (χ0n) is 11.5. The predicted molar refractivity (Wildman–Crippen MR) is 73.5 cm³/mol. The van der Waals surface area contributed by atoms with E-state index in [4.69, 9.17) is 9.84 Å². The minimum atomic E-state index is -0.346. The Morgan fingerprint density at radius 2 is 2.21 bits per heavy atom. The van der Waals surface area contributed by atoms with Crippen LogP contribution >= 0.6 is 0 Å². The van der Waals surface area contributed by atoms with Crippen LogP contribution < -0.4 is 0 Å². The maximum atomic E-state index is 11.7. The van der Waals surface area contributed by atoms with Crippen molar-refractivity contribution in [1.82, 2.24) is 4.90 Å². The van der Waals surface area contributed by atoms with Crippen molar-refractivity contribution in [2.45, 2.75) is 26.5 Å². The molecular formula is C15H19NO3. The van der Waals surface area contributed by atoms with Crippen LogP contribution in [-0.2, 0) is 11.3 Å². The van der Waals surface area contributed by atoms with E-state index in [0.717, 1.165) is 11.1 Å². The molecular weight excluding hydrogens is 242 g/mol. The highest BCUT2D eigenvalue weighted by molar-refractivity contribution is 5.67. The summed E-state index contributed by atoms with van der Waals surface area (Å²) in [5, 5.41) is 8.66. The number of ether oxygens (including phenoxy) is 1. The van der Waals surface area contributed by atoms with Crippen molar-refractivity contribution in [3.05, 3.63) is 35.4 Å². The molecule has 0 fully saturated rings. The summed E-state index contributed by atoms with van der Waals surface area (Å²) in [5.74, 6) is 5.43. The van der Waals surface area contributed by atoms with Gasteiger partial charge in [0.05, 0.1) is 6.10 Å². The lowest BCUT2D eigenvalue weighted by Crippen LogP contribution is -2.29. The van der Waals surface area contributed by atoms with Crippen molar-refractivity contribution < 1.29 is 14.6 Å². The standard InChI is InChI=1S/C15H19NO3/c1-12(2)19-15(18)16(3)11-14-7-4-6-13(10-14)8-5-9-17/h4,6-7,10,12,17H,9,11H2,1-3H3. The van der Waals surface area contributed by atoms with E-state index in [-0.39, 0.29) is 18.8 Å². The minimum Gasteiger partial charge on any atom is -0.447 e. The second-order valence-electron chi connectivity index (χ2n) is 4.45. The van der Waals surface area contributed by atoms with Gasteiger partial charge in [0, 0.05) is 19.2 Å². The van der Waals surface area contributed by atoms with Crippen LogP contribution in [-0.4, -0.2) is 35.9 Å². The van der Waals surface area contributed by atoms with Crippen LogP contribution in [0.2, 0.25) is 0 Å². The highest BCUT2D eigenvalue weighted by Crippen LogP contribution is 2.08. The molecule has 0 aliphatic rings. The zero-order chi connectivity index (χ0) is 14.3. The fourth-order valence-corrected chi connectivity index (χ4v) is 1.52. The zero-order valence-corrected chi connectivity index (χ0v) is 11.5. The molecule has 0 heterocycles. The molecule has 102 valence electrons. The number of nitrogens with zero attached hydrogens (tertiary/aromatic N) is 1. The van der Waals surface area contributed by atoms with Crippen molar-refractivity contribution in [2.75, 3.05) is 13.7 Å². The summed E-state index contributed by atoms with van der Waals surface area (Å²) in [7, 11) is 1.69. The molecule has 4 nitrogen and oxygen atoms in total. The molecule has 0 saturated carbocycles.